The van der Waals surface area contributed by atoms with Crippen molar-refractivity contribution in [3.8, 4) is 5.75 Å². The summed E-state index contributed by atoms with van der Waals surface area (Å²) in [7, 11) is 5.71. The molecule has 1 aromatic rings. The van der Waals surface area contributed by atoms with E-state index in [1.165, 1.54) is 5.56 Å². The quantitative estimate of drug-likeness (QED) is 0.784. The predicted octanol–water partition coefficient (Wildman–Crippen LogP) is 1.26. The second-order valence-corrected chi connectivity index (χ2v) is 3.43. The van der Waals surface area contributed by atoms with E-state index in [4.69, 9.17) is 10.5 Å². The minimum absolute atomic E-state index is 0.650. The summed E-state index contributed by atoms with van der Waals surface area (Å²) in [4.78, 5) is 2.05. The monoisotopic (exact) mass is 194 g/mol. The van der Waals surface area contributed by atoms with Gasteiger partial charge in [0.2, 0.25) is 0 Å². The predicted molar refractivity (Wildman–Crippen MR) is 60.1 cm³/mol. The minimum atomic E-state index is 0.650. The first-order valence-corrected chi connectivity index (χ1v) is 4.73. The highest BCUT2D eigenvalue weighted by Crippen LogP contribution is 2.24. The van der Waals surface area contributed by atoms with Crippen LogP contribution in [0.25, 0.3) is 0 Å². The third-order valence-electron chi connectivity index (χ3n) is 2.20. The molecule has 0 saturated carbocycles. The lowest BCUT2D eigenvalue weighted by molar-refractivity contribution is 0.410. The lowest BCUT2D eigenvalue weighted by Gasteiger charge is -2.15. The van der Waals surface area contributed by atoms with Crippen LogP contribution in [0.2, 0.25) is 0 Å². The molecule has 3 heteroatoms. The molecule has 0 saturated heterocycles. The molecule has 1 aromatic carbocycles. The molecule has 0 atom stereocenters. The third-order valence-corrected chi connectivity index (χ3v) is 2.20. The van der Waals surface area contributed by atoms with Crippen molar-refractivity contribution < 1.29 is 4.74 Å². The maximum absolute atomic E-state index is 5.52. The van der Waals surface area contributed by atoms with Crippen molar-refractivity contribution in [1.29, 1.82) is 0 Å². The van der Waals surface area contributed by atoms with Crippen LogP contribution >= 0.6 is 0 Å². The summed E-state index contributed by atoms with van der Waals surface area (Å²) in [6.45, 7) is 0.650. The van der Waals surface area contributed by atoms with Crippen LogP contribution in [0.4, 0.5) is 5.69 Å². The number of nitrogens with zero attached hydrogens (tertiary/aromatic N) is 1. The molecule has 1 rings (SSSR count). The van der Waals surface area contributed by atoms with E-state index in [-0.39, 0.29) is 0 Å². The molecule has 0 spiro atoms. The second-order valence-electron chi connectivity index (χ2n) is 3.43. The van der Waals surface area contributed by atoms with Crippen LogP contribution < -0.4 is 15.4 Å². The van der Waals surface area contributed by atoms with Crippen molar-refractivity contribution in [3.05, 3.63) is 23.8 Å². The third kappa shape index (κ3) is 2.39. The van der Waals surface area contributed by atoms with E-state index >= 15 is 0 Å². The maximum Gasteiger partial charge on any atom is 0.124 e. The minimum Gasteiger partial charge on any atom is -0.496 e. The molecule has 0 aliphatic carbocycles. The number of rotatable bonds is 4. The Bertz CT molecular complexity index is 297. The number of nitrogens with two attached hydrogens (primary N) is 1. The van der Waals surface area contributed by atoms with Gasteiger partial charge in [0.05, 0.1) is 7.11 Å². The molecular weight excluding hydrogens is 176 g/mol. The van der Waals surface area contributed by atoms with Crippen LogP contribution in [0.15, 0.2) is 18.2 Å². The summed E-state index contributed by atoms with van der Waals surface area (Å²) < 4.78 is 5.31. The van der Waals surface area contributed by atoms with Gasteiger partial charge < -0.3 is 15.4 Å². The maximum atomic E-state index is 5.52. The fourth-order valence-corrected chi connectivity index (χ4v) is 1.37. The SMILES string of the molecule is COc1cc(N(C)C)ccc1CCN. The summed E-state index contributed by atoms with van der Waals surface area (Å²) >= 11 is 0. The number of hydrogen-bond donors (Lipinski definition) is 1. The molecule has 0 aromatic heterocycles. The largest absolute Gasteiger partial charge is 0.496 e. The molecule has 0 fully saturated rings. The van der Waals surface area contributed by atoms with E-state index in [0.717, 1.165) is 17.9 Å². The normalized spacial score (nSPS) is 10.0. The van der Waals surface area contributed by atoms with Crippen molar-refractivity contribution in [2.24, 2.45) is 5.73 Å². The van der Waals surface area contributed by atoms with Crippen LogP contribution in [-0.2, 0) is 6.42 Å². The molecule has 0 heterocycles. The topological polar surface area (TPSA) is 38.5 Å². The number of ether oxygens (including phenoxy) is 1. The molecule has 0 amide bonds. The average molecular weight is 194 g/mol. The summed E-state index contributed by atoms with van der Waals surface area (Å²) in [5, 5.41) is 0. The lowest BCUT2D eigenvalue weighted by atomic mass is 10.1. The molecule has 0 aliphatic rings. The summed E-state index contributed by atoms with van der Waals surface area (Å²) in [6.07, 6.45) is 0.858. The Morgan fingerprint density at radius 2 is 2.07 bits per heavy atom. The molecule has 0 bridgehead atoms. The Kier molecular flexibility index (Phi) is 3.77. The molecular formula is C11H18N2O. The van der Waals surface area contributed by atoms with E-state index in [2.05, 4.69) is 17.0 Å². The zero-order valence-corrected chi connectivity index (χ0v) is 9.08. The molecule has 0 radical (unpaired) electrons. The van der Waals surface area contributed by atoms with Gasteiger partial charge in [0.25, 0.3) is 0 Å². The van der Waals surface area contributed by atoms with Gasteiger partial charge in [-0.3, -0.25) is 0 Å². The van der Waals surface area contributed by atoms with E-state index in [0.29, 0.717) is 6.54 Å². The Hall–Kier alpha value is -1.22. The van der Waals surface area contributed by atoms with Crippen molar-refractivity contribution in [2.75, 3.05) is 32.6 Å². The van der Waals surface area contributed by atoms with Gasteiger partial charge in [0.15, 0.2) is 0 Å². The van der Waals surface area contributed by atoms with Crippen molar-refractivity contribution in [3.63, 3.8) is 0 Å². The van der Waals surface area contributed by atoms with E-state index < -0.39 is 0 Å². The molecule has 0 aliphatic heterocycles. The van der Waals surface area contributed by atoms with Crippen molar-refractivity contribution in [2.45, 2.75) is 6.42 Å². The van der Waals surface area contributed by atoms with Crippen LogP contribution in [0.3, 0.4) is 0 Å². The highest BCUT2D eigenvalue weighted by Gasteiger charge is 2.04. The van der Waals surface area contributed by atoms with E-state index in [9.17, 15) is 0 Å². The molecule has 14 heavy (non-hydrogen) atoms. The standard InChI is InChI=1S/C11H18N2O/c1-13(2)10-5-4-9(6-7-12)11(8-10)14-3/h4-5,8H,6-7,12H2,1-3H3. The Morgan fingerprint density at radius 1 is 1.36 bits per heavy atom. The number of benzene rings is 1. The Morgan fingerprint density at radius 3 is 2.57 bits per heavy atom. The van der Waals surface area contributed by atoms with Crippen molar-refractivity contribution >= 4 is 5.69 Å². The number of hydrogen-bond acceptors (Lipinski definition) is 3. The first-order chi connectivity index (χ1) is 6.69. The van der Waals surface area contributed by atoms with Crippen LogP contribution in [-0.4, -0.2) is 27.7 Å². The van der Waals surface area contributed by atoms with Crippen LogP contribution in [0.5, 0.6) is 5.75 Å². The highest BCUT2D eigenvalue weighted by atomic mass is 16.5. The zero-order chi connectivity index (χ0) is 10.6. The van der Waals surface area contributed by atoms with Gasteiger partial charge in [0, 0.05) is 25.8 Å². The highest BCUT2D eigenvalue weighted by molar-refractivity contribution is 5.52. The molecule has 0 unspecified atom stereocenters. The Labute approximate surface area is 85.5 Å². The summed E-state index contributed by atoms with van der Waals surface area (Å²) in [5.74, 6) is 0.918. The van der Waals surface area contributed by atoms with Gasteiger partial charge in [-0.25, -0.2) is 0 Å². The van der Waals surface area contributed by atoms with Crippen LogP contribution in [0, 0.1) is 0 Å². The van der Waals surface area contributed by atoms with Gasteiger partial charge in [-0.2, -0.15) is 0 Å². The van der Waals surface area contributed by atoms with E-state index in [1.807, 2.05) is 20.2 Å². The summed E-state index contributed by atoms with van der Waals surface area (Å²) in [6, 6.07) is 6.18. The molecule has 78 valence electrons. The fourth-order valence-electron chi connectivity index (χ4n) is 1.37. The first-order valence-electron chi connectivity index (χ1n) is 4.73. The summed E-state index contributed by atoms with van der Waals surface area (Å²) in [5.41, 5.74) is 7.82. The fraction of sp³-hybridized carbons (Fsp3) is 0.455. The second kappa shape index (κ2) is 4.86. The van der Waals surface area contributed by atoms with E-state index in [1.54, 1.807) is 7.11 Å². The lowest BCUT2D eigenvalue weighted by Crippen LogP contribution is -2.10. The molecule has 3 nitrogen and oxygen atoms in total. The smallest absolute Gasteiger partial charge is 0.124 e. The van der Waals surface area contributed by atoms with Gasteiger partial charge in [-0.15, -0.1) is 0 Å². The van der Waals surface area contributed by atoms with Gasteiger partial charge in [-0.05, 0) is 24.6 Å². The van der Waals surface area contributed by atoms with Crippen molar-refractivity contribution in [1.82, 2.24) is 0 Å². The number of methoxy groups -OCH3 is 1. The van der Waals surface area contributed by atoms with Gasteiger partial charge in [-0.1, -0.05) is 6.07 Å². The Balaban J connectivity index is 2.98. The van der Waals surface area contributed by atoms with Crippen LogP contribution in [0.1, 0.15) is 5.56 Å². The zero-order valence-electron chi connectivity index (χ0n) is 9.08. The van der Waals surface area contributed by atoms with Gasteiger partial charge >= 0.3 is 0 Å². The first kappa shape index (κ1) is 10.9. The molecule has 2 N–H and O–H groups in total. The van der Waals surface area contributed by atoms with Gasteiger partial charge in [0.1, 0.15) is 5.75 Å². The number of anilines is 1. The average Bonchev–Trinajstić information content (AvgIpc) is 2.18.